The number of benzene rings is 2. The number of para-hydroxylation sites is 1. The molecule has 0 N–H and O–H groups in total. The molecule has 2 aromatic carbocycles. The van der Waals surface area contributed by atoms with E-state index >= 15 is 0 Å². The third-order valence-electron chi connectivity index (χ3n) is 3.69. The van der Waals surface area contributed by atoms with Gasteiger partial charge in [-0.25, -0.2) is 0 Å². The molecule has 0 bridgehead atoms. The molecule has 96 valence electrons. The number of nitrogens with zero attached hydrogens (tertiary/aromatic N) is 1. The van der Waals surface area contributed by atoms with E-state index in [0.717, 1.165) is 31.4 Å². The summed E-state index contributed by atoms with van der Waals surface area (Å²) >= 11 is 0. The minimum atomic E-state index is 0.508. The zero-order valence-electron chi connectivity index (χ0n) is 10.9. The highest BCUT2D eigenvalue weighted by atomic mass is 16.1. The molecular weight excluding hydrogens is 234 g/mol. The van der Waals surface area contributed by atoms with E-state index in [0.29, 0.717) is 6.42 Å². The van der Waals surface area contributed by atoms with Crippen molar-refractivity contribution in [3.8, 4) is 0 Å². The summed E-state index contributed by atoms with van der Waals surface area (Å²) in [6.45, 7) is 1.96. The predicted molar refractivity (Wildman–Crippen MR) is 77.4 cm³/mol. The fourth-order valence-corrected chi connectivity index (χ4v) is 2.84. The molecule has 3 rings (SSSR count). The minimum Gasteiger partial charge on any atom is -0.366 e. The summed E-state index contributed by atoms with van der Waals surface area (Å²) in [4.78, 5) is 13.2. The van der Waals surface area contributed by atoms with Gasteiger partial charge < -0.3 is 9.69 Å². The zero-order chi connectivity index (χ0) is 13.1. The van der Waals surface area contributed by atoms with Gasteiger partial charge >= 0.3 is 0 Å². The third kappa shape index (κ3) is 2.39. The third-order valence-corrected chi connectivity index (χ3v) is 3.69. The van der Waals surface area contributed by atoms with Gasteiger partial charge in [0.15, 0.2) is 0 Å². The van der Waals surface area contributed by atoms with Gasteiger partial charge in [0.05, 0.1) is 0 Å². The second kappa shape index (κ2) is 5.27. The van der Waals surface area contributed by atoms with Crippen molar-refractivity contribution < 1.29 is 4.79 Å². The largest absolute Gasteiger partial charge is 0.366 e. The Labute approximate surface area is 113 Å². The molecule has 1 aliphatic rings. The van der Waals surface area contributed by atoms with E-state index in [1.54, 1.807) is 0 Å². The van der Waals surface area contributed by atoms with E-state index in [2.05, 4.69) is 47.4 Å². The van der Waals surface area contributed by atoms with Gasteiger partial charge in [-0.15, -0.1) is 0 Å². The molecule has 0 unspecified atom stereocenters. The zero-order valence-corrected chi connectivity index (χ0v) is 10.9. The Morgan fingerprint density at radius 2 is 1.89 bits per heavy atom. The highest BCUT2D eigenvalue weighted by Gasteiger charge is 2.21. The quantitative estimate of drug-likeness (QED) is 0.779. The number of hydrogen-bond acceptors (Lipinski definition) is 2. The van der Waals surface area contributed by atoms with E-state index in [-0.39, 0.29) is 0 Å². The van der Waals surface area contributed by atoms with Crippen molar-refractivity contribution >= 4 is 12.0 Å². The van der Waals surface area contributed by atoms with E-state index in [1.165, 1.54) is 16.8 Å². The van der Waals surface area contributed by atoms with Gasteiger partial charge in [-0.3, -0.25) is 0 Å². The summed E-state index contributed by atoms with van der Waals surface area (Å²) in [5.41, 5.74) is 5.12. The van der Waals surface area contributed by atoms with Gasteiger partial charge in [0.25, 0.3) is 0 Å². The molecule has 1 heterocycles. The van der Waals surface area contributed by atoms with E-state index in [1.807, 2.05) is 6.07 Å². The normalized spacial score (nSPS) is 13.4. The van der Waals surface area contributed by atoms with Gasteiger partial charge in [0, 0.05) is 25.2 Å². The van der Waals surface area contributed by atoms with Crippen molar-refractivity contribution in [2.45, 2.75) is 19.4 Å². The van der Waals surface area contributed by atoms with Crippen molar-refractivity contribution in [2.24, 2.45) is 0 Å². The number of hydrogen-bond donors (Lipinski definition) is 0. The van der Waals surface area contributed by atoms with Crippen LogP contribution in [0.4, 0.5) is 5.69 Å². The Balaban J connectivity index is 1.90. The van der Waals surface area contributed by atoms with Gasteiger partial charge in [-0.1, -0.05) is 48.5 Å². The topological polar surface area (TPSA) is 20.3 Å². The molecule has 0 saturated heterocycles. The van der Waals surface area contributed by atoms with Gasteiger partial charge in [-0.05, 0) is 23.1 Å². The standard InChI is InChI=1S/C17H17NO/c19-12-10-16-8-4-7-15-9-11-18(17(15)16)13-14-5-2-1-3-6-14/h1-8,12H,9-11,13H2. The first-order valence-corrected chi connectivity index (χ1v) is 6.72. The van der Waals surface area contributed by atoms with Crippen LogP contribution in [0.25, 0.3) is 0 Å². The molecule has 0 spiro atoms. The molecule has 0 atom stereocenters. The lowest BCUT2D eigenvalue weighted by molar-refractivity contribution is -0.107. The maximum atomic E-state index is 10.8. The Kier molecular flexibility index (Phi) is 3.32. The Hall–Kier alpha value is -2.09. The van der Waals surface area contributed by atoms with Crippen molar-refractivity contribution in [1.82, 2.24) is 0 Å². The molecule has 0 radical (unpaired) electrons. The SMILES string of the molecule is O=CCc1cccc2c1N(Cc1ccccc1)CC2. The molecule has 0 amide bonds. The summed E-state index contributed by atoms with van der Waals surface area (Å²) in [7, 11) is 0. The van der Waals surface area contributed by atoms with Crippen LogP contribution in [0.3, 0.4) is 0 Å². The first-order valence-electron chi connectivity index (χ1n) is 6.72. The van der Waals surface area contributed by atoms with Crippen molar-refractivity contribution in [1.29, 1.82) is 0 Å². The fourth-order valence-electron chi connectivity index (χ4n) is 2.84. The fraction of sp³-hybridized carbons (Fsp3) is 0.235. The highest BCUT2D eigenvalue weighted by Crippen LogP contribution is 2.33. The van der Waals surface area contributed by atoms with Gasteiger partial charge in [-0.2, -0.15) is 0 Å². The molecule has 19 heavy (non-hydrogen) atoms. The minimum absolute atomic E-state index is 0.508. The first-order chi connectivity index (χ1) is 9.38. The van der Waals surface area contributed by atoms with Crippen molar-refractivity contribution in [3.63, 3.8) is 0 Å². The number of fused-ring (bicyclic) bond motifs is 1. The van der Waals surface area contributed by atoms with Gasteiger partial charge in [0.1, 0.15) is 6.29 Å². The van der Waals surface area contributed by atoms with E-state index in [9.17, 15) is 4.79 Å². The second-order valence-electron chi connectivity index (χ2n) is 4.95. The van der Waals surface area contributed by atoms with Crippen molar-refractivity contribution in [3.05, 3.63) is 65.2 Å². The maximum absolute atomic E-state index is 10.8. The Morgan fingerprint density at radius 1 is 1.05 bits per heavy atom. The van der Waals surface area contributed by atoms with Crippen LogP contribution in [0.5, 0.6) is 0 Å². The summed E-state index contributed by atoms with van der Waals surface area (Å²) in [6, 6.07) is 16.8. The lowest BCUT2D eigenvalue weighted by atomic mass is 10.1. The number of carbonyl (C=O) groups is 1. The molecule has 2 nitrogen and oxygen atoms in total. The molecule has 2 aromatic rings. The van der Waals surface area contributed by atoms with Crippen LogP contribution in [-0.2, 0) is 24.2 Å². The van der Waals surface area contributed by atoms with Crippen molar-refractivity contribution in [2.75, 3.05) is 11.4 Å². The monoisotopic (exact) mass is 251 g/mol. The maximum Gasteiger partial charge on any atom is 0.124 e. The highest BCUT2D eigenvalue weighted by molar-refractivity contribution is 5.69. The predicted octanol–water partition coefficient (Wildman–Crippen LogP) is 2.99. The summed E-state index contributed by atoms with van der Waals surface area (Å²) < 4.78 is 0. The molecule has 0 aliphatic carbocycles. The number of anilines is 1. The number of aldehydes is 1. The Bertz CT molecular complexity index is 577. The smallest absolute Gasteiger partial charge is 0.124 e. The molecular formula is C17H17NO. The van der Waals surface area contributed by atoms with Crippen LogP contribution in [-0.4, -0.2) is 12.8 Å². The molecule has 1 aliphatic heterocycles. The first kappa shape index (κ1) is 12.0. The average molecular weight is 251 g/mol. The number of rotatable bonds is 4. The Morgan fingerprint density at radius 3 is 2.68 bits per heavy atom. The van der Waals surface area contributed by atoms with E-state index < -0.39 is 0 Å². The lowest BCUT2D eigenvalue weighted by Crippen LogP contribution is -2.20. The summed E-state index contributed by atoms with van der Waals surface area (Å²) in [6.07, 6.45) is 2.58. The van der Waals surface area contributed by atoms with Crippen LogP contribution in [0.15, 0.2) is 48.5 Å². The van der Waals surface area contributed by atoms with Crippen LogP contribution in [0.2, 0.25) is 0 Å². The van der Waals surface area contributed by atoms with Crippen LogP contribution in [0, 0.1) is 0 Å². The van der Waals surface area contributed by atoms with E-state index in [4.69, 9.17) is 0 Å². The molecule has 0 saturated carbocycles. The summed E-state index contributed by atoms with van der Waals surface area (Å²) in [5, 5.41) is 0. The lowest BCUT2D eigenvalue weighted by Gasteiger charge is -2.22. The molecule has 0 fully saturated rings. The molecule has 2 heteroatoms. The average Bonchev–Trinajstić information content (AvgIpc) is 2.85. The molecule has 0 aromatic heterocycles. The van der Waals surface area contributed by atoms with Crippen LogP contribution >= 0.6 is 0 Å². The number of carbonyl (C=O) groups excluding carboxylic acids is 1. The van der Waals surface area contributed by atoms with Gasteiger partial charge in [0.2, 0.25) is 0 Å². The summed E-state index contributed by atoms with van der Waals surface area (Å²) in [5.74, 6) is 0. The van der Waals surface area contributed by atoms with Crippen LogP contribution < -0.4 is 4.90 Å². The van der Waals surface area contributed by atoms with Crippen LogP contribution in [0.1, 0.15) is 16.7 Å². The second-order valence-corrected chi connectivity index (χ2v) is 4.95.